The fraction of sp³-hybridized carbons (Fsp3) is 0.500. The van der Waals surface area contributed by atoms with E-state index >= 15 is 0 Å². The molecule has 0 aliphatic rings. The summed E-state index contributed by atoms with van der Waals surface area (Å²) in [6.07, 6.45) is 0.915. The Hall–Kier alpha value is -1.39. The summed E-state index contributed by atoms with van der Waals surface area (Å²) in [5.41, 5.74) is 6.46. The van der Waals surface area contributed by atoms with E-state index in [1.807, 2.05) is 42.3 Å². The van der Waals surface area contributed by atoms with Gasteiger partial charge in [-0.1, -0.05) is 25.1 Å². The highest BCUT2D eigenvalue weighted by Crippen LogP contribution is 2.15. The minimum Gasteiger partial charge on any atom is -0.329 e. The van der Waals surface area contributed by atoms with E-state index in [4.69, 9.17) is 5.73 Å². The van der Waals surface area contributed by atoms with Crippen molar-refractivity contribution in [3.63, 3.8) is 0 Å². The second-order valence-corrected chi connectivity index (χ2v) is 4.82. The molecule has 0 heterocycles. The number of nitrogens with one attached hydrogen (secondary N) is 1. The first kappa shape index (κ1) is 14.7. The Morgan fingerprint density at radius 1 is 1.39 bits per heavy atom. The van der Waals surface area contributed by atoms with E-state index in [-0.39, 0.29) is 11.4 Å². The number of benzene rings is 1. The van der Waals surface area contributed by atoms with Gasteiger partial charge in [0.25, 0.3) is 0 Å². The predicted molar refractivity (Wildman–Crippen MR) is 75.5 cm³/mol. The first-order valence-corrected chi connectivity index (χ1v) is 6.28. The number of para-hydroxylation sites is 1. The lowest BCUT2D eigenvalue weighted by molar-refractivity contribution is -0.118. The summed E-state index contributed by atoms with van der Waals surface area (Å²) in [7, 11) is 1.93. The van der Waals surface area contributed by atoms with Crippen LogP contribution in [-0.4, -0.2) is 36.5 Å². The molecule has 0 spiro atoms. The van der Waals surface area contributed by atoms with Crippen molar-refractivity contribution in [2.24, 2.45) is 5.73 Å². The normalized spacial score (nSPS) is 14.3. The number of carbonyl (C=O) groups is 1. The highest BCUT2D eigenvalue weighted by Gasteiger charge is 2.26. The van der Waals surface area contributed by atoms with Gasteiger partial charge in [0.2, 0.25) is 5.91 Å². The van der Waals surface area contributed by atoms with Crippen molar-refractivity contribution in [1.29, 1.82) is 0 Å². The van der Waals surface area contributed by atoms with Crippen molar-refractivity contribution >= 4 is 11.6 Å². The van der Waals surface area contributed by atoms with E-state index in [1.54, 1.807) is 0 Å². The van der Waals surface area contributed by atoms with Crippen LogP contribution < -0.4 is 11.1 Å². The average Bonchev–Trinajstić information content (AvgIpc) is 2.38. The Labute approximate surface area is 109 Å². The van der Waals surface area contributed by atoms with Crippen LogP contribution in [0.3, 0.4) is 0 Å². The third-order valence-corrected chi connectivity index (χ3v) is 3.56. The molecule has 1 aromatic carbocycles. The summed E-state index contributed by atoms with van der Waals surface area (Å²) in [4.78, 5) is 13.9. The molecule has 1 amide bonds. The number of hydrogen-bond donors (Lipinski definition) is 2. The van der Waals surface area contributed by atoms with Crippen LogP contribution in [0.4, 0.5) is 5.69 Å². The van der Waals surface area contributed by atoms with E-state index < -0.39 is 0 Å². The number of anilines is 1. The molecule has 1 rings (SSSR count). The van der Waals surface area contributed by atoms with Crippen LogP contribution in [0.1, 0.15) is 20.3 Å². The van der Waals surface area contributed by atoms with Crippen molar-refractivity contribution in [2.75, 3.05) is 25.5 Å². The molecule has 0 fully saturated rings. The molecule has 4 heteroatoms. The Morgan fingerprint density at radius 3 is 2.50 bits per heavy atom. The van der Waals surface area contributed by atoms with Gasteiger partial charge >= 0.3 is 0 Å². The smallest absolute Gasteiger partial charge is 0.238 e. The molecule has 0 bridgehead atoms. The fourth-order valence-electron chi connectivity index (χ4n) is 1.70. The van der Waals surface area contributed by atoms with Gasteiger partial charge in [-0.05, 0) is 32.5 Å². The summed E-state index contributed by atoms with van der Waals surface area (Å²) < 4.78 is 0. The zero-order valence-electron chi connectivity index (χ0n) is 11.4. The lowest BCUT2D eigenvalue weighted by Crippen LogP contribution is -2.51. The summed E-state index contributed by atoms with van der Waals surface area (Å²) >= 11 is 0. The van der Waals surface area contributed by atoms with E-state index in [0.717, 1.165) is 12.1 Å². The topological polar surface area (TPSA) is 58.4 Å². The maximum Gasteiger partial charge on any atom is 0.238 e. The summed E-state index contributed by atoms with van der Waals surface area (Å²) in [5, 5.41) is 2.87. The largest absolute Gasteiger partial charge is 0.329 e. The van der Waals surface area contributed by atoms with Gasteiger partial charge in [-0.2, -0.15) is 0 Å². The highest BCUT2D eigenvalue weighted by atomic mass is 16.2. The second-order valence-electron chi connectivity index (χ2n) is 4.82. The van der Waals surface area contributed by atoms with E-state index in [2.05, 4.69) is 19.2 Å². The van der Waals surface area contributed by atoms with E-state index in [1.165, 1.54) is 0 Å². The summed E-state index contributed by atoms with van der Waals surface area (Å²) in [5.74, 6) is -0.0168. The lowest BCUT2D eigenvalue weighted by Gasteiger charge is -2.36. The van der Waals surface area contributed by atoms with Crippen LogP contribution in [0.5, 0.6) is 0 Å². The number of nitrogens with zero attached hydrogens (tertiary/aromatic N) is 1. The maximum atomic E-state index is 11.9. The molecule has 1 aromatic rings. The summed E-state index contributed by atoms with van der Waals surface area (Å²) in [6.45, 7) is 5.04. The minimum absolute atomic E-state index is 0.0168. The van der Waals surface area contributed by atoms with Gasteiger partial charge in [0.05, 0.1) is 6.54 Å². The monoisotopic (exact) mass is 249 g/mol. The number of hydrogen-bond acceptors (Lipinski definition) is 3. The number of likely N-dealkylation sites (N-methyl/N-ethyl adjacent to an activating group) is 1. The third kappa shape index (κ3) is 3.82. The van der Waals surface area contributed by atoms with E-state index in [9.17, 15) is 4.79 Å². The fourth-order valence-corrected chi connectivity index (χ4v) is 1.70. The molecular weight excluding hydrogens is 226 g/mol. The van der Waals surface area contributed by atoms with Crippen molar-refractivity contribution in [2.45, 2.75) is 25.8 Å². The van der Waals surface area contributed by atoms with E-state index in [0.29, 0.717) is 13.1 Å². The van der Waals surface area contributed by atoms with Gasteiger partial charge in [-0.3, -0.25) is 9.69 Å². The van der Waals surface area contributed by atoms with Crippen LogP contribution in [0, 0.1) is 0 Å². The highest BCUT2D eigenvalue weighted by molar-refractivity contribution is 5.92. The van der Waals surface area contributed by atoms with Crippen molar-refractivity contribution in [1.82, 2.24) is 4.90 Å². The Bertz CT molecular complexity index is 374. The number of nitrogens with two attached hydrogens (primary N) is 1. The summed E-state index contributed by atoms with van der Waals surface area (Å²) in [6, 6.07) is 9.47. The average molecular weight is 249 g/mol. The molecular formula is C14H23N3O. The molecule has 0 aliphatic carbocycles. The minimum atomic E-state index is -0.131. The van der Waals surface area contributed by atoms with Crippen molar-refractivity contribution < 1.29 is 4.79 Å². The van der Waals surface area contributed by atoms with Gasteiger partial charge in [0.15, 0.2) is 0 Å². The molecule has 1 atom stereocenters. The molecule has 4 nitrogen and oxygen atoms in total. The molecule has 0 radical (unpaired) electrons. The molecule has 0 saturated carbocycles. The Kier molecular flexibility index (Phi) is 5.31. The van der Waals surface area contributed by atoms with Gasteiger partial charge < -0.3 is 11.1 Å². The van der Waals surface area contributed by atoms with Crippen molar-refractivity contribution in [3.8, 4) is 0 Å². The maximum absolute atomic E-state index is 11.9. The lowest BCUT2D eigenvalue weighted by atomic mass is 9.97. The number of rotatable bonds is 6. The number of carbonyl (C=O) groups excluding carboxylic acids is 1. The number of amides is 1. The zero-order chi connectivity index (χ0) is 13.6. The standard InChI is InChI=1S/C14H23N3O/c1-4-14(2,11-15)17(3)10-13(18)16-12-8-6-5-7-9-12/h5-9H,4,10-11,15H2,1-3H3,(H,16,18). The molecule has 3 N–H and O–H groups in total. The second kappa shape index (κ2) is 6.52. The zero-order valence-corrected chi connectivity index (χ0v) is 11.4. The quantitative estimate of drug-likeness (QED) is 0.806. The first-order chi connectivity index (χ1) is 8.51. The van der Waals surface area contributed by atoms with Crippen LogP contribution in [-0.2, 0) is 4.79 Å². The molecule has 100 valence electrons. The first-order valence-electron chi connectivity index (χ1n) is 6.28. The Morgan fingerprint density at radius 2 is 2.00 bits per heavy atom. The predicted octanol–water partition coefficient (Wildman–Crippen LogP) is 1.68. The molecule has 0 aromatic heterocycles. The Balaban J connectivity index is 2.55. The van der Waals surface area contributed by atoms with Crippen LogP contribution in [0.25, 0.3) is 0 Å². The van der Waals surface area contributed by atoms with Gasteiger partial charge in [0, 0.05) is 17.8 Å². The third-order valence-electron chi connectivity index (χ3n) is 3.56. The van der Waals surface area contributed by atoms with Crippen molar-refractivity contribution in [3.05, 3.63) is 30.3 Å². The SMILES string of the molecule is CCC(C)(CN)N(C)CC(=O)Nc1ccccc1. The van der Waals surface area contributed by atoms with Gasteiger partial charge in [-0.15, -0.1) is 0 Å². The van der Waals surface area contributed by atoms with Crippen LogP contribution in [0.15, 0.2) is 30.3 Å². The van der Waals surface area contributed by atoms with Crippen LogP contribution >= 0.6 is 0 Å². The molecule has 18 heavy (non-hydrogen) atoms. The molecule has 0 aliphatic heterocycles. The van der Waals surface area contributed by atoms with Gasteiger partial charge in [-0.25, -0.2) is 0 Å². The molecule has 1 unspecified atom stereocenters. The molecule has 0 saturated heterocycles. The van der Waals surface area contributed by atoms with Gasteiger partial charge in [0.1, 0.15) is 0 Å². The van der Waals surface area contributed by atoms with Crippen LogP contribution in [0.2, 0.25) is 0 Å².